The summed E-state index contributed by atoms with van der Waals surface area (Å²) >= 11 is 0. The number of aromatic amines is 1. The number of ether oxygens (including phenoxy) is 1. The fourth-order valence-electron chi connectivity index (χ4n) is 1.67. The van der Waals surface area contributed by atoms with Crippen LogP contribution in [0.25, 0.3) is 0 Å². The highest BCUT2D eigenvalue weighted by atomic mass is 16.5. The van der Waals surface area contributed by atoms with Crippen LogP contribution >= 0.6 is 0 Å². The zero-order valence-corrected chi connectivity index (χ0v) is 8.62. The minimum Gasteiger partial charge on any atom is -0.379 e. The molecule has 0 spiro atoms. The second-order valence-electron chi connectivity index (χ2n) is 3.63. The molecule has 2 rings (SSSR count). The minimum absolute atomic E-state index is 0.856. The van der Waals surface area contributed by atoms with E-state index in [0.29, 0.717) is 0 Å². The summed E-state index contributed by atoms with van der Waals surface area (Å²) in [6, 6.07) is 2.15. The molecule has 0 saturated carbocycles. The van der Waals surface area contributed by atoms with Gasteiger partial charge in [0.2, 0.25) is 0 Å². The quantitative estimate of drug-likeness (QED) is 0.775. The van der Waals surface area contributed by atoms with Gasteiger partial charge < -0.3 is 4.74 Å². The van der Waals surface area contributed by atoms with Crippen molar-refractivity contribution in [1.29, 1.82) is 0 Å². The molecular formula is C10H17N3O. The molecule has 4 heteroatoms. The largest absolute Gasteiger partial charge is 0.379 e. The van der Waals surface area contributed by atoms with Crippen LogP contribution in [0, 0.1) is 0 Å². The second-order valence-corrected chi connectivity index (χ2v) is 3.63. The van der Waals surface area contributed by atoms with Crippen molar-refractivity contribution in [2.24, 2.45) is 0 Å². The molecule has 0 radical (unpaired) electrons. The maximum atomic E-state index is 5.30. The van der Waals surface area contributed by atoms with E-state index in [9.17, 15) is 0 Å². The number of rotatable bonds is 3. The lowest BCUT2D eigenvalue weighted by Crippen LogP contribution is -2.35. The third kappa shape index (κ3) is 2.33. The van der Waals surface area contributed by atoms with Gasteiger partial charge in [-0.3, -0.25) is 10.00 Å². The molecule has 1 saturated heterocycles. The summed E-state index contributed by atoms with van der Waals surface area (Å²) in [4.78, 5) is 2.39. The molecule has 14 heavy (non-hydrogen) atoms. The van der Waals surface area contributed by atoms with E-state index >= 15 is 0 Å². The Kier molecular flexibility index (Phi) is 3.16. The van der Waals surface area contributed by atoms with Crippen LogP contribution in [0.2, 0.25) is 0 Å². The first-order chi connectivity index (χ1) is 6.88. The molecule has 0 amide bonds. The summed E-state index contributed by atoms with van der Waals surface area (Å²) in [5, 5.41) is 7.29. The van der Waals surface area contributed by atoms with Crippen LogP contribution in [0.5, 0.6) is 0 Å². The summed E-state index contributed by atoms with van der Waals surface area (Å²) in [5.41, 5.74) is 2.36. The summed E-state index contributed by atoms with van der Waals surface area (Å²) in [5.74, 6) is 0. The van der Waals surface area contributed by atoms with Gasteiger partial charge in [0.25, 0.3) is 0 Å². The first kappa shape index (κ1) is 9.68. The number of aromatic nitrogens is 2. The molecule has 0 aliphatic carbocycles. The molecule has 1 fully saturated rings. The van der Waals surface area contributed by atoms with Crippen LogP contribution in [0.15, 0.2) is 6.07 Å². The van der Waals surface area contributed by atoms with Crippen molar-refractivity contribution in [3.63, 3.8) is 0 Å². The highest BCUT2D eigenvalue weighted by molar-refractivity contribution is 5.08. The number of aryl methyl sites for hydroxylation is 1. The number of hydrogen-bond acceptors (Lipinski definition) is 3. The Morgan fingerprint density at radius 3 is 2.93 bits per heavy atom. The van der Waals surface area contributed by atoms with Crippen LogP contribution < -0.4 is 0 Å². The summed E-state index contributed by atoms with van der Waals surface area (Å²) in [6.07, 6.45) is 1.000. The molecule has 0 atom stereocenters. The Hall–Kier alpha value is -0.870. The molecule has 2 heterocycles. The standard InChI is InChI=1S/C10H17N3O/c1-2-9-7-10(12-11-9)8-13-3-5-14-6-4-13/h7H,2-6,8H2,1H3,(H,11,12). The van der Waals surface area contributed by atoms with Crippen LogP contribution in [0.3, 0.4) is 0 Å². The van der Waals surface area contributed by atoms with Crippen LogP contribution in [-0.2, 0) is 17.7 Å². The van der Waals surface area contributed by atoms with E-state index in [4.69, 9.17) is 4.74 Å². The van der Waals surface area contributed by atoms with E-state index in [1.807, 2.05) is 0 Å². The van der Waals surface area contributed by atoms with E-state index in [2.05, 4.69) is 28.1 Å². The molecule has 0 aromatic carbocycles. The van der Waals surface area contributed by atoms with Gasteiger partial charge in [0, 0.05) is 25.3 Å². The Bertz CT molecular complexity index is 279. The molecule has 4 nitrogen and oxygen atoms in total. The molecule has 1 aliphatic rings. The van der Waals surface area contributed by atoms with Crippen molar-refractivity contribution in [3.05, 3.63) is 17.5 Å². The van der Waals surface area contributed by atoms with Gasteiger partial charge in [-0.1, -0.05) is 6.92 Å². The number of H-pyrrole nitrogens is 1. The van der Waals surface area contributed by atoms with Gasteiger partial charge in [-0.25, -0.2) is 0 Å². The number of nitrogens with zero attached hydrogens (tertiary/aromatic N) is 2. The van der Waals surface area contributed by atoms with Crippen molar-refractivity contribution in [1.82, 2.24) is 15.1 Å². The first-order valence-corrected chi connectivity index (χ1v) is 5.21. The third-order valence-corrected chi connectivity index (χ3v) is 2.54. The molecular weight excluding hydrogens is 178 g/mol. The molecule has 0 unspecified atom stereocenters. The van der Waals surface area contributed by atoms with E-state index in [1.165, 1.54) is 5.69 Å². The van der Waals surface area contributed by atoms with E-state index in [1.54, 1.807) is 0 Å². The average molecular weight is 195 g/mol. The lowest BCUT2D eigenvalue weighted by Gasteiger charge is -2.25. The third-order valence-electron chi connectivity index (χ3n) is 2.54. The van der Waals surface area contributed by atoms with Gasteiger partial charge >= 0.3 is 0 Å². The van der Waals surface area contributed by atoms with Crippen LogP contribution in [0.4, 0.5) is 0 Å². The highest BCUT2D eigenvalue weighted by Gasteiger charge is 2.11. The van der Waals surface area contributed by atoms with Crippen molar-refractivity contribution in [3.8, 4) is 0 Å². The van der Waals surface area contributed by atoms with Gasteiger partial charge in [-0.2, -0.15) is 5.10 Å². The topological polar surface area (TPSA) is 41.1 Å². The maximum absolute atomic E-state index is 5.30. The van der Waals surface area contributed by atoms with Crippen molar-refractivity contribution in [2.75, 3.05) is 26.3 Å². The number of hydrogen-bond donors (Lipinski definition) is 1. The predicted octanol–water partition coefficient (Wildman–Crippen LogP) is 0.804. The van der Waals surface area contributed by atoms with Crippen LogP contribution in [-0.4, -0.2) is 41.4 Å². The van der Waals surface area contributed by atoms with Crippen molar-refractivity contribution < 1.29 is 4.74 Å². The molecule has 1 N–H and O–H groups in total. The summed E-state index contributed by atoms with van der Waals surface area (Å²) in [6.45, 7) is 6.86. The molecule has 0 bridgehead atoms. The fourth-order valence-corrected chi connectivity index (χ4v) is 1.67. The van der Waals surface area contributed by atoms with Gasteiger partial charge in [-0.05, 0) is 12.5 Å². The van der Waals surface area contributed by atoms with Crippen molar-refractivity contribution >= 4 is 0 Å². The van der Waals surface area contributed by atoms with E-state index in [0.717, 1.165) is 45.0 Å². The molecule has 1 aliphatic heterocycles. The SMILES string of the molecule is CCc1cc(CN2CCOCC2)[nH]n1. The van der Waals surface area contributed by atoms with E-state index < -0.39 is 0 Å². The van der Waals surface area contributed by atoms with Gasteiger partial charge in [0.1, 0.15) is 0 Å². The smallest absolute Gasteiger partial charge is 0.0622 e. The fraction of sp³-hybridized carbons (Fsp3) is 0.700. The summed E-state index contributed by atoms with van der Waals surface area (Å²) in [7, 11) is 0. The average Bonchev–Trinajstić information content (AvgIpc) is 2.67. The van der Waals surface area contributed by atoms with Gasteiger partial charge in [0.05, 0.1) is 18.9 Å². The Morgan fingerprint density at radius 1 is 1.50 bits per heavy atom. The second kappa shape index (κ2) is 4.57. The maximum Gasteiger partial charge on any atom is 0.0622 e. The monoisotopic (exact) mass is 195 g/mol. The Labute approximate surface area is 84.3 Å². The Morgan fingerprint density at radius 2 is 2.29 bits per heavy atom. The van der Waals surface area contributed by atoms with Crippen LogP contribution in [0.1, 0.15) is 18.3 Å². The predicted molar refractivity (Wildman–Crippen MR) is 54.1 cm³/mol. The number of nitrogens with one attached hydrogen (secondary N) is 1. The normalized spacial score (nSPS) is 18.6. The van der Waals surface area contributed by atoms with Gasteiger partial charge in [0.15, 0.2) is 0 Å². The molecule has 78 valence electrons. The van der Waals surface area contributed by atoms with Crippen molar-refractivity contribution in [2.45, 2.75) is 19.9 Å². The first-order valence-electron chi connectivity index (χ1n) is 5.21. The number of morpholine rings is 1. The zero-order chi connectivity index (χ0) is 9.80. The Balaban J connectivity index is 1.89. The van der Waals surface area contributed by atoms with E-state index in [-0.39, 0.29) is 0 Å². The lowest BCUT2D eigenvalue weighted by molar-refractivity contribution is 0.0336. The minimum atomic E-state index is 0.856. The van der Waals surface area contributed by atoms with Gasteiger partial charge in [-0.15, -0.1) is 0 Å². The molecule has 1 aromatic rings. The lowest BCUT2D eigenvalue weighted by atomic mass is 10.3. The zero-order valence-electron chi connectivity index (χ0n) is 8.62. The molecule has 1 aromatic heterocycles. The summed E-state index contributed by atoms with van der Waals surface area (Å²) < 4.78 is 5.30. The highest BCUT2D eigenvalue weighted by Crippen LogP contribution is 2.06.